The molecule has 1 saturated heterocycles. The quantitative estimate of drug-likeness (QED) is 0.659. The molecule has 0 aliphatic carbocycles. The molecule has 1 fully saturated rings. The van der Waals surface area contributed by atoms with Crippen LogP contribution in [0.3, 0.4) is 0 Å². The van der Waals surface area contributed by atoms with Crippen LogP contribution in [0, 0.1) is 11.7 Å². The molecule has 1 atom stereocenters. The zero-order valence-corrected chi connectivity index (χ0v) is 10.8. The van der Waals surface area contributed by atoms with Gasteiger partial charge in [0, 0.05) is 25.4 Å². The Balaban J connectivity index is 2.16. The summed E-state index contributed by atoms with van der Waals surface area (Å²) in [5.41, 5.74) is 0.821. The van der Waals surface area contributed by atoms with Gasteiger partial charge in [0.2, 0.25) is 0 Å². The van der Waals surface area contributed by atoms with Crippen LogP contribution in [0.15, 0.2) is 29.4 Å². The summed E-state index contributed by atoms with van der Waals surface area (Å²) in [5, 5.41) is 12.2. The molecule has 102 valence electrons. The van der Waals surface area contributed by atoms with Crippen molar-refractivity contribution < 1.29 is 14.4 Å². The number of amides is 1. The lowest BCUT2D eigenvalue weighted by Gasteiger charge is -2.32. The van der Waals surface area contributed by atoms with Crippen LogP contribution in [0.5, 0.6) is 0 Å². The standard InChI is InChI=1S/C14H17FN2O2/c1-2-10-9-17(8-7-13(10)16-19)14(18)11-5-3-4-6-12(11)15/h3-6,10,19H,2,7-9H2,1H3/b16-13+. The van der Waals surface area contributed by atoms with Crippen molar-refractivity contribution in [2.24, 2.45) is 11.1 Å². The molecule has 0 aromatic heterocycles. The maximum Gasteiger partial charge on any atom is 0.256 e. The molecule has 4 nitrogen and oxygen atoms in total. The largest absolute Gasteiger partial charge is 0.411 e. The third-order valence-corrected chi connectivity index (χ3v) is 3.56. The zero-order chi connectivity index (χ0) is 13.8. The molecule has 1 N–H and O–H groups in total. The van der Waals surface area contributed by atoms with E-state index in [2.05, 4.69) is 5.16 Å². The Labute approximate surface area is 111 Å². The van der Waals surface area contributed by atoms with Crippen LogP contribution in [-0.4, -0.2) is 34.8 Å². The highest BCUT2D eigenvalue weighted by atomic mass is 19.1. The highest BCUT2D eigenvalue weighted by molar-refractivity contribution is 5.96. The Bertz CT molecular complexity index is 502. The van der Waals surface area contributed by atoms with Gasteiger partial charge in [-0.2, -0.15) is 0 Å². The van der Waals surface area contributed by atoms with Gasteiger partial charge in [0.05, 0.1) is 11.3 Å². The number of likely N-dealkylation sites (tertiary alicyclic amines) is 1. The molecule has 19 heavy (non-hydrogen) atoms. The molecule has 1 amide bonds. The van der Waals surface area contributed by atoms with Crippen LogP contribution >= 0.6 is 0 Å². The Morgan fingerprint density at radius 1 is 1.53 bits per heavy atom. The predicted molar refractivity (Wildman–Crippen MR) is 69.9 cm³/mol. The third kappa shape index (κ3) is 2.75. The lowest BCUT2D eigenvalue weighted by molar-refractivity contribution is 0.0724. The van der Waals surface area contributed by atoms with Crippen molar-refractivity contribution in [3.8, 4) is 0 Å². The van der Waals surface area contributed by atoms with Gasteiger partial charge in [-0.1, -0.05) is 24.2 Å². The summed E-state index contributed by atoms with van der Waals surface area (Å²) in [6.45, 7) is 2.92. The molecular weight excluding hydrogens is 247 g/mol. The van der Waals surface area contributed by atoms with Crippen molar-refractivity contribution in [1.82, 2.24) is 4.90 Å². The van der Waals surface area contributed by atoms with E-state index in [1.807, 2.05) is 6.92 Å². The first-order valence-electron chi connectivity index (χ1n) is 6.42. The molecule has 0 bridgehead atoms. The van der Waals surface area contributed by atoms with Crippen LogP contribution in [0.25, 0.3) is 0 Å². The number of nitrogens with zero attached hydrogens (tertiary/aromatic N) is 2. The monoisotopic (exact) mass is 264 g/mol. The van der Waals surface area contributed by atoms with E-state index in [4.69, 9.17) is 5.21 Å². The van der Waals surface area contributed by atoms with Gasteiger partial charge in [-0.25, -0.2) is 4.39 Å². The van der Waals surface area contributed by atoms with Crippen LogP contribution in [0.4, 0.5) is 4.39 Å². The number of oxime groups is 1. The minimum Gasteiger partial charge on any atom is -0.411 e. The van der Waals surface area contributed by atoms with Gasteiger partial charge in [-0.15, -0.1) is 0 Å². The summed E-state index contributed by atoms with van der Waals surface area (Å²) in [6, 6.07) is 6.00. The van der Waals surface area contributed by atoms with Crippen LogP contribution < -0.4 is 0 Å². The highest BCUT2D eigenvalue weighted by Gasteiger charge is 2.29. The van der Waals surface area contributed by atoms with E-state index in [0.29, 0.717) is 19.5 Å². The molecule has 1 aliphatic heterocycles. The van der Waals surface area contributed by atoms with Crippen molar-refractivity contribution >= 4 is 11.6 Å². The molecule has 1 aromatic rings. The number of halogens is 1. The second-order valence-corrected chi connectivity index (χ2v) is 4.68. The first-order chi connectivity index (χ1) is 9.17. The number of carbonyl (C=O) groups excluding carboxylic acids is 1. The average Bonchev–Trinajstić information content (AvgIpc) is 2.46. The van der Waals surface area contributed by atoms with Gasteiger partial charge >= 0.3 is 0 Å². The first kappa shape index (κ1) is 13.5. The number of benzene rings is 1. The smallest absolute Gasteiger partial charge is 0.256 e. The Morgan fingerprint density at radius 2 is 2.26 bits per heavy atom. The SMILES string of the molecule is CCC1CN(C(=O)c2ccccc2F)CC/C1=N\O. The molecule has 1 aromatic carbocycles. The van der Waals surface area contributed by atoms with Crippen LogP contribution in [0.1, 0.15) is 30.1 Å². The minimum atomic E-state index is -0.498. The van der Waals surface area contributed by atoms with E-state index >= 15 is 0 Å². The molecule has 0 saturated carbocycles. The first-order valence-corrected chi connectivity index (χ1v) is 6.42. The number of hydrogen-bond donors (Lipinski definition) is 1. The lowest BCUT2D eigenvalue weighted by atomic mass is 9.93. The average molecular weight is 264 g/mol. The van der Waals surface area contributed by atoms with E-state index in [0.717, 1.165) is 12.1 Å². The Morgan fingerprint density at radius 3 is 2.89 bits per heavy atom. The molecule has 0 radical (unpaired) electrons. The summed E-state index contributed by atoms with van der Waals surface area (Å²) in [5.74, 6) is -0.745. The Hall–Kier alpha value is -1.91. The van der Waals surface area contributed by atoms with Crippen molar-refractivity contribution in [3.05, 3.63) is 35.6 Å². The van der Waals surface area contributed by atoms with Crippen LogP contribution in [-0.2, 0) is 0 Å². The van der Waals surface area contributed by atoms with E-state index in [1.165, 1.54) is 12.1 Å². The van der Waals surface area contributed by atoms with Crippen molar-refractivity contribution in [3.63, 3.8) is 0 Å². The van der Waals surface area contributed by atoms with Crippen molar-refractivity contribution in [1.29, 1.82) is 0 Å². The van der Waals surface area contributed by atoms with Gasteiger partial charge in [-0.3, -0.25) is 4.79 Å². The molecule has 1 unspecified atom stereocenters. The fourth-order valence-corrected chi connectivity index (χ4v) is 2.40. The maximum absolute atomic E-state index is 13.6. The minimum absolute atomic E-state index is 0.0504. The lowest BCUT2D eigenvalue weighted by Crippen LogP contribution is -2.44. The summed E-state index contributed by atoms with van der Waals surface area (Å²) >= 11 is 0. The summed E-state index contributed by atoms with van der Waals surface area (Å²) < 4.78 is 13.6. The van der Waals surface area contributed by atoms with Crippen molar-refractivity contribution in [2.75, 3.05) is 13.1 Å². The number of hydrogen-bond acceptors (Lipinski definition) is 3. The zero-order valence-electron chi connectivity index (χ0n) is 10.8. The predicted octanol–water partition coefficient (Wildman–Crippen LogP) is 2.53. The molecule has 1 aliphatic rings. The number of piperidine rings is 1. The highest BCUT2D eigenvalue weighted by Crippen LogP contribution is 2.20. The fraction of sp³-hybridized carbons (Fsp3) is 0.429. The summed E-state index contributed by atoms with van der Waals surface area (Å²) in [6.07, 6.45) is 1.33. The van der Waals surface area contributed by atoms with E-state index in [9.17, 15) is 9.18 Å². The second-order valence-electron chi connectivity index (χ2n) is 4.68. The van der Waals surface area contributed by atoms with E-state index in [1.54, 1.807) is 17.0 Å². The summed E-state index contributed by atoms with van der Waals surface area (Å²) in [7, 11) is 0. The van der Waals surface area contributed by atoms with Gasteiger partial charge in [0.15, 0.2) is 0 Å². The number of carbonyl (C=O) groups is 1. The second kappa shape index (κ2) is 5.82. The Kier molecular flexibility index (Phi) is 4.14. The van der Waals surface area contributed by atoms with Gasteiger partial charge < -0.3 is 10.1 Å². The molecule has 5 heteroatoms. The maximum atomic E-state index is 13.6. The number of rotatable bonds is 2. The normalized spacial score (nSPS) is 21.7. The van der Waals surface area contributed by atoms with E-state index in [-0.39, 0.29) is 17.4 Å². The van der Waals surface area contributed by atoms with Crippen LogP contribution in [0.2, 0.25) is 0 Å². The molecule has 1 heterocycles. The summed E-state index contributed by atoms with van der Waals surface area (Å²) in [4.78, 5) is 13.9. The topological polar surface area (TPSA) is 52.9 Å². The molecule has 2 rings (SSSR count). The third-order valence-electron chi connectivity index (χ3n) is 3.56. The van der Waals surface area contributed by atoms with Gasteiger partial charge in [0.25, 0.3) is 5.91 Å². The molecule has 0 spiro atoms. The van der Waals surface area contributed by atoms with E-state index < -0.39 is 5.82 Å². The van der Waals surface area contributed by atoms with Crippen molar-refractivity contribution in [2.45, 2.75) is 19.8 Å². The van der Waals surface area contributed by atoms with Gasteiger partial charge in [0.1, 0.15) is 5.82 Å². The van der Waals surface area contributed by atoms with Gasteiger partial charge in [-0.05, 0) is 18.6 Å². The fourth-order valence-electron chi connectivity index (χ4n) is 2.40. The molecular formula is C14H17FN2O2.